The van der Waals surface area contributed by atoms with Crippen LogP contribution >= 0.6 is 0 Å². The monoisotopic (exact) mass is 128 g/mol. The Kier molecular flexibility index (Phi) is 3.71. The first-order valence-corrected chi connectivity index (χ1v) is 2.86. The summed E-state index contributed by atoms with van der Waals surface area (Å²) in [5.74, 6) is -0.434. The molecule has 0 saturated carbocycles. The van der Waals surface area contributed by atoms with Crippen LogP contribution in [0.3, 0.4) is 0 Å². The Morgan fingerprint density at radius 3 is 2.67 bits per heavy atom. The molecule has 0 saturated heterocycles. The van der Waals surface area contributed by atoms with E-state index in [0.29, 0.717) is 12.1 Å². The SMILES string of the molecule is C=C(CNCC)C(N)=O. The third-order valence-electron chi connectivity index (χ3n) is 0.937. The standard InChI is InChI=1S/C6H12N2O/c1-3-8-4-5(2)6(7)9/h8H,2-4H2,1H3,(H2,7,9). The van der Waals surface area contributed by atoms with Gasteiger partial charge in [-0.3, -0.25) is 4.79 Å². The summed E-state index contributed by atoms with van der Waals surface area (Å²) in [6.07, 6.45) is 0. The van der Waals surface area contributed by atoms with Gasteiger partial charge in [-0.05, 0) is 6.54 Å². The zero-order valence-corrected chi connectivity index (χ0v) is 5.61. The Balaban J connectivity index is 3.39. The third kappa shape index (κ3) is 3.73. The van der Waals surface area contributed by atoms with E-state index in [1.54, 1.807) is 0 Å². The van der Waals surface area contributed by atoms with Crippen molar-refractivity contribution >= 4 is 5.91 Å². The number of carbonyl (C=O) groups excluding carboxylic acids is 1. The van der Waals surface area contributed by atoms with Crippen molar-refractivity contribution in [1.82, 2.24) is 5.32 Å². The number of nitrogens with one attached hydrogen (secondary N) is 1. The highest BCUT2D eigenvalue weighted by Gasteiger charge is 1.97. The smallest absolute Gasteiger partial charge is 0.245 e. The largest absolute Gasteiger partial charge is 0.366 e. The summed E-state index contributed by atoms with van der Waals surface area (Å²) in [6, 6.07) is 0. The van der Waals surface area contributed by atoms with Crippen LogP contribution in [-0.2, 0) is 4.79 Å². The molecular weight excluding hydrogens is 116 g/mol. The number of likely N-dealkylation sites (N-methyl/N-ethyl adjacent to an activating group) is 1. The van der Waals surface area contributed by atoms with E-state index in [4.69, 9.17) is 5.73 Å². The van der Waals surface area contributed by atoms with Crippen LogP contribution in [0.5, 0.6) is 0 Å². The predicted molar refractivity (Wildman–Crippen MR) is 36.9 cm³/mol. The Labute approximate surface area is 54.9 Å². The summed E-state index contributed by atoms with van der Waals surface area (Å²) in [5.41, 5.74) is 5.33. The number of amides is 1. The van der Waals surface area contributed by atoms with Crippen molar-refractivity contribution in [3.05, 3.63) is 12.2 Å². The van der Waals surface area contributed by atoms with E-state index in [0.717, 1.165) is 6.54 Å². The summed E-state index contributed by atoms with van der Waals surface area (Å²) in [7, 11) is 0. The first-order valence-electron chi connectivity index (χ1n) is 2.86. The molecule has 0 aliphatic carbocycles. The molecule has 1 amide bonds. The first kappa shape index (κ1) is 8.17. The minimum atomic E-state index is -0.434. The number of carbonyl (C=O) groups is 1. The zero-order chi connectivity index (χ0) is 7.28. The van der Waals surface area contributed by atoms with Crippen LogP contribution in [0.1, 0.15) is 6.92 Å². The van der Waals surface area contributed by atoms with Crippen LogP contribution in [0.4, 0.5) is 0 Å². The van der Waals surface area contributed by atoms with Gasteiger partial charge in [-0.15, -0.1) is 0 Å². The van der Waals surface area contributed by atoms with Gasteiger partial charge in [-0.2, -0.15) is 0 Å². The molecular formula is C6H12N2O. The number of nitrogens with two attached hydrogens (primary N) is 1. The molecule has 0 aromatic rings. The van der Waals surface area contributed by atoms with E-state index in [-0.39, 0.29) is 0 Å². The van der Waals surface area contributed by atoms with Gasteiger partial charge in [0, 0.05) is 12.1 Å². The molecule has 0 radical (unpaired) electrons. The highest BCUT2D eigenvalue weighted by atomic mass is 16.1. The lowest BCUT2D eigenvalue weighted by atomic mass is 10.3. The molecule has 0 aromatic heterocycles. The highest BCUT2D eigenvalue weighted by Crippen LogP contribution is 1.82. The molecule has 0 spiro atoms. The fraction of sp³-hybridized carbons (Fsp3) is 0.500. The topological polar surface area (TPSA) is 55.1 Å². The molecule has 0 atom stereocenters. The summed E-state index contributed by atoms with van der Waals surface area (Å²) >= 11 is 0. The number of hydrogen-bond donors (Lipinski definition) is 2. The molecule has 0 aliphatic heterocycles. The van der Waals surface area contributed by atoms with Crippen molar-refractivity contribution in [3.63, 3.8) is 0 Å². The predicted octanol–water partition coefficient (Wildman–Crippen LogP) is -0.363. The summed E-state index contributed by atoms with van der Waals surface area (Å²) in [5, 5.41) is 2.93. The van der Waals surface area contributed by atoms with E-state index >= 15 is 0 Å². The van der Waals surface area contributed by atoms with E-state index in [2.05, 4.69) is 11.9 Å². The van der Waals surface area contributed by atoms with Gasteiger partial charge in [0.15, 0.2) is 0 Å². The normalized spacial score (nSPS) is 9.00. The molecule has 0 bridgehead atoms. The van der Waals surface area contributed by atoms with E-state index < -0.39 is 5.91 Å². The second-order valence-corrected chi connectivity index (χ2v) is 1.75. The summed E-state index contributed by atoms with van der Waals surface area (Å²) < 4.78 is 0. The Bertz CT molecular complexity index is 120. The maximum atomic E-state index is 10.3. The first-order chi connectivity index (χ1) is 4.18. The molecule has 52 valence electrons. The molecule has 3 N–H and O–H groups in total. The van der Waals surface area contributed by atoms with Crippen LogP contribution < -0.4 is 11.1 Å². The lowest BCUT2D eigenvalue weighted by molar-refractivity contribution is -0.114. The minimum absolute atomic E-state index is 0.428. The second-order valence-electron chi connectivity index (χ2n) is 1.75. The molecule has 0 aromatic carbocycles. The van der Waals surface area contributed by atoms with E-state index in [9.17, 15) is 4.79 Å². The van der Waals surface area contributed by atoms with Gasteiger partial charge in [0.1, 0.15) is 0 Å². The lowest BCUT2D eigenvalue weighted by Crippen LogP contribution is -2.24. The number of primary amides is 1. The van der Waals surface area contributed by atoms with Gasteiger partial charge in [0.25, 0.3) is 0 Å². The average molecular weight is 128 g/mol. The van der Waals surface area contributed by atoms with Crippen LogP contribution in [0.15, 0.2) is 12.2 Å². The molecule has 0 heterocycles. The van der Waals surface area contributed by atoms with Crippen LogP contribution in [-0.4, -0.2) is 19.0 Å². The lowest BCUT2D eigenvalue weighted by Gasteiger charge is -1.99. The summed E-state index contributed by atoms with van der Waals surface area (Å²) in [4.78, 5) is 10.3. The second kappa shape index (κ2) is 4.09. The van der Waals surface area contributed by atoms with Crippen molar-refractivity contribution in [1.29, 1.82) is 0 Å². The van der Waals surface area contributed by atoms with Crippen molar-refractivity contribution < 1.29 is 4.79 Å². The number of rotatable bonds is 4. The third-order valence-corrected chi connectivity index (χ3v) is 0.937. The Morgan fingerprint density at radius 1 is 1.78 bits per heavy atom. The quantitative estimate of drug-likeness (QED) is 0.508. The van der Waals surface area contributed by atoms with Crippen molar-refractivity contribution in [3.8, 4) is 0 Å². The van der Waals surface area contributed by atoms with Gasteiger partial charge < -0.3 is 11.1 Å². The van der Waals surface area contributed by atoms with Crippen LogP contribution in [0.2, 0.25) is 0 Å². The highest BCUT2D eigenvalue weighted by molar-refractivity contribution is 5.91. The molecule has 9 heavy (non-hydrogen) atoms. The Hall–Kier alpha value is -0.830. The zero-order valence-electron chi connectivity index (χ0n) is 5.61. The van der Waals surface area contributed by atoms with Gasteiger partial charge in [-0.1, -0.05) is 13.5 Å². The van der Waals surface area contributed by atoms with Crippen molar-refractivity contribution in [2.45, 2.75) is 6.92 Å². The molecule has 3 heteroatoms. The molecule has 0 aliphatic rings. The molecule has 0 unspecified atom stereocenters. The van der Waals surface area contributed by atoms with Crippen molar-refractivity contribution in [2.24, 2.45) is 5.73 Å². The van der Waals surface area contributed by atoms with Gasteiger partial charge in [-0.25, -0.2) is 0 Å². The van der Waals surface area contributed by atoms with Crippen LogP contribution in [0.25, 0.3) is 0 Å². The minimum Gasteiger partial charge on any atom is -0.366 e. The molecule has 0 fully saturated rings. The fourth-order valence-electron chi connectivity index (χ4n) is 0.363. The van der Waals surface area contributed by atoms with Crippen molar-refractivity contribution in [2.75, 3.05) is 13.1 Å². The Morgan fingerprint density at radius 2 is 2.33 bits per heavy atom. The van der Waals surface area contributed by atoms with Gasteiger partial charge in [0.05, 0.1) is 0 Å². The maximum absolute atomic E-state index is 10.3. The van der Waals surface area contributed by atoms with Crippen LogP contribution in [0, 0.1) is 0 Å². The van der Waals surface area contributed by atoms with E-state index in [1.807, 2.05) is 6.92 Å². The molecule has 0 rings (SSSR count). The fourth-order valence-corrected chi connectivity index (χ4v) is 0.363. The van der Waals surface area contributed by atoms with Gasteiger partial charge >= 0.3 is 0 Å². The van der Waals surface area contributed by atoms with Gasteiger partial charge in [0.2, 0.25) is 5.91 Å². The molecule has 3 nitrogen and oxygen atoms in total. The van der Waals surface area contributed by atoms with E-state index in [1.165, 1.54) is 0 Å². The summed E-state index contributed by atoms with van der Waals surface area (Å²) in [6.45, 7) is 6.72. The number of hydrogen-bond acceptors (Lipinski definition) is 2. The maximum Gasteiger partial charge on any atom is 0.245 e. The average Bonchev–Trinajstić information content (AvgIpc) is 1.82.